The molecule has 1 atom stereocenters. The predicted octanol–water partition coefficient (Wildman–Crippen LogP) is 2.36. The van der Waals surface area contributed by atoms with Crippen molar-refractivity contribution in [2.24, 2.45) is 0 Å². The molecule has 1 heterocycles. The van der Waals surface area contributed by atoms with Crippen LogP contribution in [0, 0.1) is 0 Å². The van der Waals surface area contributed by atoms with Gasteiger partial charge in [0.1, 0.15) is 6.04 Å². The maximum atomic E-state index is 11.8. The summed E-state index contributed by atoms with van der Waals surface area (Å²) in [5.41, 5.74) is 0. The van der Waals surface area contributed by atoms with Gasteiger partial charge in [-0.05, 0) is 22.9 Å². The number of rotatable bonds is 4. The summed E-state index contributed by atoms with van der Waals surface area (Å²) in [4.78, 5) is 24.2. The van der Waals surface area contributed by atoms with Gasteiger partial charge >= 0.3 is 5.97 Å². The van der Waals surface area contributed by atoms with Crippen LogP contribution in [0.4, 0.5) is 0 Å². The van der Waals surface area contributed by atoms with Gasteiger partial charge in [0.25, 0.3) is 0 Å². The third-order valence-electron chi connectivity index (χ3n) is 3.36. The van der Waals surface area contributed by atoms with Crippen molar-refractivity contribution in [3.8, 4) is 0 Å². The number of fused-ring (bicyclic) bond motifs is 1. The number of hydrogen-bond acceptors (Lipinski definition) is 4. The van der Waals surface area contributed by atoms with E-state index in [1.165, 1.54) is 17.1 Å². The number of ether oxygens (including phenoxy) is 1. The van der Waals surface area contributed by atoms with E-state index < -0.39 is 6.04 Å². The molecular formula is C16H15NO3S. The van der Waals surface area contributed by atoms with Crippen LogP contribution < -0.4 is 5.32 Å². The van der Waals surface area contributed by atoms with Crippen molar-refractivity contribution in [1.82, 2.24) is 5.32 Å². The highest BCUT2D eigenvalue weighted by atomic mass is 32.2. The Morgan fingerprint density at radius 2 is 2.05 bits per heavy atom. The Labute approximate surface area is 126 Å². The molecule has 2 aromatic carbocycles. The van der Waals surface area contributed by atoms with E-state index in [-0.39, 0.29) is 11.9 Å². The van der Waals surface area contributed by atoms with Crippen LogP contribution in [-0.4, -0.2) is 30.3 Å². The number of benzene rings is 2. The van der Waals surface area contributed by atoms with Gasteiger partial charge in [-0.25, -0.2) is 4.79 Å². The van der Waals surface area contributed by atoms with Crippen LogP contribution in [0.25, 0.3) is 10.8 Å². The molecule has 1 aliphatic rings. The molecular weight excluding hydrogens is 286 g/mol. The van der Waals surface area contributed by atoms with E-state index in [0.29, 0.717) is 18.8 Å². The normalized spacial score (nSPS) is 17.7. The van der Waals surface area contributed by atoms with Crippen molar-refractivity contribution >= 4 is 34.4 Å². The van der Waals surface area contributed by atoms with Crippen LogP contribution >= 0.6 is 11.8 Å². The Balaban J connectivity index is 1.58. The van der Waals surface area contributed by atoms with Gasteiger partial charge in [-0.2, -0.15) is 0 Å². The summed E-state index contributed by atoms with van der Waals surface area (Å²) in [6.45, 7) is 0.390. The second-order valence-electron chi connectivity index (χ2n) is 4.87. The molecule has 0 aromatic heterocycles. The SMILES string of the molecule is O=C(CSc1ccc2ccccc2c1)N[C@H]1CCOC1=O. The molecule has 0 radical (unpaired) electrons. The summed E-state index contributed by atoms with van der Waals surface area (Å²) in [6, 6.07) is 13.7. The van der Waals surface area contributed by atoms with Crippen molar-refractivity contribution in [3.63, 3.8) is 0 Å². The minimum absolute atomic E-state index is 0.142. The smallest absolute Gasteiger partial charge is 0.328 e. The number of hydrogen-bond donors (Lipinski definition) is 1. The maximum Gasteiger partial charge on any atom is 0.328 e. The molecule has 1 aliphatic heterocycles. The van der Waals surface area contributed by atoms with Gasteiger partial charge in [0.05, 0.1) is 12.4 Å². The molecule has 0 aliphatic carbocycles. The summed E-state index contributed by atoms with van der Waals surface area (Å²) < 4.78 is 4.82. The fourth-order valence-corrected chi connectivity index (χ4v) is 3.02. The highest BCUT2D eigenvalue weighted by Gasteiger charge is 2.27. The van der Waals surface area contributed by atoms with Crippen LogP contribution in [0.15, 0.2) is 47.4 Å². The number of carbonyl (C=O) groups excluding carboxylic acids is 2. The zero-order chi connectivity index (χ0) is 14.7. The average Bonchev–Trinajstić information content (AvgIpc) is 2.90. The average molecular weight is 301 g/mol. The van der Waals surface area contributed by atoms with E-state index in [9.17, 15) is 9.59 Å². The molecule has 0 spiro atoms. The van der Waals surface area contributed by atoms with Gasteiger partial charge in [0, 0.05) is 11.3 Å². The minimum Gasteiger partial charge on any atom is -0.464 e. The first-order valence-corrected chi connectivity index (χ1v) is 7.78. The van der Waals surface area contributed by atoms with E-state index in [1.54, 1.807) is 0 Å². The molecule has 0 bridgehead atoms. The van der Waals surface area contributed by atoms with Gasteiger partial charge in [0.15, 0.2) is 0 Å². The molecule has 0 unspecified atom stereocenters. The first-order valence-electron chi connectivity index (χ1n) is 6.80. The Hall–Kier alpha value is -2.01. The lowest BCUT2D eigenvalue weighted by Crippen LogP contribution is -2.38. The first-order chi connectivity index (χ1) is 10.2. The quantitative estimate of drug-likeness (QED) is 0.696. The molecule has 1 amide bonds. The van der Waals surface area contributed by atoms with Crippen molar-refractivity contribution in [2.75, 3.05) is 12.4 Å². The van der Waals surface area contributed by atoms with E-state index in [4.69, 9.17) is 4.74 Å². The Morgan fingerprint density at radius 3 is 2.81 bits per heavy atom. The number of esters is 1. The van der Waals surface area contributed by atoms with Crippen LogP contribution in [0.1, 0.15) is 6.42 Å². The Bertz CT molecular complexity index is 686. The first kappa shape index (κ1) is 13.9. The summed E-state index contributed by atoms with van der Waals surface area (Å²) in [7, 11) is 0. The monoisotopic (exact) mass is 301 g/mol. The molecule has 3 rings (SSSR count). The molecule has 1 saturated heterocycles. The number of nitrogens with one attached hydrogen (secondary N) is 1. The highest BCUT2D eigenvalue weighted by Crippen LogP contribution is 2.23. The van der Waals surface area contributed by atoms with Crippen LogP contribution in [0.2, 0.25) is 0 Å². The summed E-state index contributed by atoms with van der Waals surface area (Å²) in [5.74, 6) is -0.182. The molecule has 5 heteroatoms. The topological polar surface area (TPSA) is 55.4 Å². The fourth-order valence-electron chi connectivity index (χ4n) is 2.27. The lowest BCUT2D eigenvalue weighted by atomic mass is 10.1. The molecule has 1 fully saturated rings. The summed E-state index contributed by atoms with van der Waals surface area (Å²) in [5, 5.41) is 5.04. The maximum absolute atomic E-state index is 11.8. The number of cyclic esters (lactones) is 1. The lowest BCUT2D eigenvalue weighted by Gasteiger charge is -2.08. The molecule has 21 heavy (non-hydrogen) atoms. The molecule has 108 valence electrons. The minimum atomic E-state index is -0.477. The van der Waals surface area contributed by atoms with Crippen molar-refractivity contribution < 1.29 is 14.3 Å². The van der Waals surface area contributed by atoms with E-state index in [0.717, 1.165) is 10.3 Å². The molecule has 4 nitrogen and oxygen atoms in total. The Kier molecular flexibility index (Phi) is 4.10. The fraction of sp³-hybridized carbons (Fsp3) is 0.250. The largest absolute Gasteiger partial charge is 0.464 e. The highest BCUT2D eigenvalue weighted by molar-refractivity contribution is 8.00. The molecule has 0 saturated carbocycles. The van der Waals surface area contributed by atoms with E-state index >= 15 is 0 Å². The van der Waals surface area contributed by atoms with Crippen LogP contribution in [0.3, 0.4) is 0 Å². The van der Waals surface area contributed by atoms with Gasteiger partial charge in [-0.1, -0.05) is 30.3 Å². The summed E-state index contributed by atoms with van der Waals surface area (Å²) >= 11 is 1.46. The number of thioether (sulfide) groups is 1. The van der Waals surface area contributed by atoms with Crippen molar-refractivity contribution in [2.45, 2.75) is 17.4 Å². The van der Waals surface area contributed by atoms with Crippen molar-refractivity contribution in [3.05, 3.63) is 42.5 Å². The zero-order valence-corrected chi connectivity index (χ0v) is 12.2. The lowest BCUT2D eigenvalue weighted by molar-refractivity contribution is -0.141. The third-order valence-corrected chi connectivity index (χ3v) is 4.36. The van der Waals surface area contributed by atoms with E-state index in [1.807, 2.05) is 30.3 Å². The number of carbonyl (C=O) groups is 2. The molecule has 1 N–H and O–H groups in total. The van der Waals surface area contributed by atoms with Crippen LogP contribution in [-0.2, 0) is 14.3 Å². The molecule has 2 aromatic rings. The second kappa shape index (κ2) is 6.18. The van der Waals surface area contributed by atoms with Gasteiger partial charge < -0.3 is 10.1 Å². The zero-order valence-electron chi connectivity index (χ0n) is 11.4. The van der Waals surface area contributed by atoms with Gasteiger partial charge in [-0.3, -0.25) is 4.79 Å². The Morgan fingerprint density at radius 1 is 1.24 bits per heavy atom. The van der Waals surface area contributed by atoms with Crippen LogP contribution in [0.5, 0.6) is 0 Å². The standard InChI is InChI=1S/C16H15NO3S/c18-15(17-14-7-8-20-16(14)19)10-21-13-6-5-11-3-1-2-4-12(11)9-13/h1-6,9,14H,7-8,10H2,(H,17,18)/t14-/m0/s1. The van der Waals surface area contributed by atoms with E-state index in [2.05, 4.69) is 17.4 Å². The predicted molar refractivity (Wildman–Crippen MR) is 82.2 cm³/mol. The van der Waals surface area contributed by atoms with Crippen molar-refractivity contribution in [1.29, 1.82) is 0 Å². The third kappa shape index (κ3) is 3.36. The number of amides is 1. The second-order valence-corrected chi connectivity index (χ2v) is 5.92. The van der Waals surface area contributed by atoms with Gasteiger partial charge in [0.2, 0.25) is 5.91 Å². The van der Waals surface area contributed by atoms with Gasteiger partial charge in [-0.15, -0.1) is 11.8 Å². The summed E-state index contributed by atoms with van der Waals surface area (Å²) in [6.07, 6.45) is 0.561.